The van der Waals surface area contributed by atoms with Crippen LogP contribution in [0.4, 0.5) is 18.9 Å². The van der Waals surface area contributed by atoms with E-state index in [2.05, 4.69) is 20.1 Å². The highest BCUT2D eigenvalue weighted by Gasteiger charge is 2.50. The normalized spacial score (nSPS) is 15.4. The van der Waals surface area contributed by atoms with Crippen LogP contribution < -0.4 is 5.32 Å². The Morgan fingerprint density at radius 1 is 1.43 bits per heavy atom. The van der Waals surface area contributed by atoms with E-state index in [4.69, 9.17) is 6.57 Å². The van der Waals surface area contributed by atoms with Gasteiger partial charge in [0, 0.05) is 10.6 Å². The first-order valence-electron chi connectivity index (χ1n) is 8.46. The van der Waals surface area contributed by atoms with Crippen molar-refractivity contribution in [2.24, 2.45) is 5.92 Å². The summed E-state index contributed by atoms with van der Waals surface area (Å²) >= 11 is 1.33. The average Bonchev–Trinajstić information content (AvgIpc) is 3.18. The summed E-state index contributed by atoms with van der Waals surface area (Å²) in [5.74, 6) is -1.48. The first kappa shape index (κ1) is 18.4. The van der Waals surface area contributed by atoms with E-state index in [9.17, 15) is 18.0 Å². The molecule has 0 saturated heterocycles. The summed E-state index contributed by atoms with van der Waals surface area (Å²) in [6.07, 6.45) is -2.25. The Labute approximate surface area is 161 Å². The summed E-state index contributed by atoms with van der Waals surface area (Å²) < 4.78 is 41.3. The third kappa shape index (κ3) is 3.33. The lowest BCUT2D eigenvalue weighted by atomic mass is 10.1. The standard InChI is InChI=1S/C18H14F3N5OS/c1-9-5-12(13-6-11(22-2)7-28-13)24-16-14(23-8-26(9)16)17(27)25-15(10-3-4-10)18(19,20)21/h5-8,10,15H,3-4H2,1H3,(H,25,27). The van der Waals surface area contributed by atoms with E-state index in [1.807, 2.05) is 0 Å². The second-order valence-electron chi connectivity index (χ2n) is 6.68. The molecule has 0 aromatic carbocycles. The summed E-state index contributed by atoms with van der Waals surface area (Å²) in [5, 5.41) is 3.78. The average molecular weight is 405 g/mol. The number of nitrogens with zero attached hydrogens (tertiary/aromatic N) is 4. The SMILES string of the molecule is [C-]#[N+]c1csc(-c2cc(C)n3cnc(C(=O)NC(C4CC4)C(F)(F)F)c3n2)c1. The first-order valence-corrected chi connectivity index (χ1v) is 9.34. The van der Waals surface area contributed by atoms with E-state index in [1.165, 1.54) is 17.7 Å². The van der Waals surface area contributed by atoms with Crippen LogP contribution in [0.3, 0.4) is 0 Å². The molecule has 3 aromatic rings. The van der Waals surface area contributed by atoms with E-state index in [0.717, 1.165) is 10.6 Å². The highest BCUT2D eigenvalue weighted by Crippen LogP contribution is 2.40. The van der Waals surface area contributed by atoms with E-state index >= 15 is 0 Å². The Bertz CT molecular complexity index is 1110. The van der Waals surface area contributed by atoms with Crippen LogP contribution in [0.25, 0.3) is 21.1 Å². The number of halogens is 3. The van der Waals surface area contributed by atoms with Gasteiger partial charge in [-0.05, 0) is 43.2 Å². The summed E-state index contributed by atoms with van der Waals surface area (Å²) in [5.41, 5.74) is 1.76. The van der Waals surface area contributed by atoms with Crippen LogP contribution in [-0.2, 0) is 0 Å². The molecule has 0 bridgehead atoms. The van der Waals surface area contributed by atoms with Gasteiger partial charge in [-0.3, -0.25) is 9.20 Å². The van der Waals surface area contributed by atoms with E-state index < -0.39 is 24.0 Å². The molecule has 1 N–H and O–H groups in total. The van der Waals surface area contributed by atoms with Crippen molar-refractivity contribution < 1.29 is 18.0 Å². The molecule has 1 atom stereocenters. The Morgan fingerprint density at radius 2 is 2.18 bits per heavy atom. The van der Waals surface area contributed by atoms with Gasteiger partial charge in [-0.1, -0.05) is 0 Å². The van der Waals surface area contributed by atoms with Crippen LogP contribution in [0.15, 0.2) is 23.8 Å². The van der Waals surface area contributed by atoms with Gasteiger partial charge in [0.15, 0.2) is 17.0 Å². The van der Waals surface area contributed by atoms with Crippen LogP contribution in [0.5, 0.6) is 0 Å². The lowest BCUT2D eigenvalue weighted by Gasteiger charge is -2.20. The fraction of sp³-hybridized carbons (Fsp3) is 0.333. The minimum atomic E-state index is -4.51. The molecule has 1 fully saturated rings. The molecular formula is C18H14F3N5OS. The number of carbonyl (C=O) groups is 1. The molecule has 10 heteroatoms. The molecule has 0 radical (unpaired) electrons. The van der Waals surface area contributed by atoms with Crippen molar-refractivity contribution in [2.45, 2.75) is 32.0 Å². The van der Waals surface area contributed by atoms with Crippen molar-refractivity contribution in [1.82, 2.24) is 19.7 Å². The number of thiophene rings is 1. The van der Waals surface area contributed by atoms with Crippen molar-refractivity contribution in [1.29, 1.82) is 0 Å². The van der Waals surface area contributed by atoms with Gasteiger partial charge in [-0.2, -0.15) is 24.5 Å². The number of fused-ring (bicyclic) bond motifs is 1. The Hall–Kier alpha value is -2.93. The zero-order chi connectivity index (χ0) is 20.1. The van der Waals surface area contributed by atoms with Gasteiger partial charge in [0.25, 0.3) is 5.91 Å². The molecule has 3 aromatic heterocycles. The van der Waals surface area contributed by atoms with Gasteiger partial charge in [0.2, 0.25) is 0 Å². The minimum absolute atomic E-state index is 0.151. The number of imidazole rings is 1. The van der Waals surface area contributed by atoms with E-state index in [-0.39, 0.29) is 11.3 Å². The van der Waals surface area contributed by atoms with Gasteiger partial charge in [0.1, 0.15) is 12.4 Å². The van der Waals surface area contributed by atoms with E-state index in [1.54, 1.807) is 28.8 Å². The lowest BCUT2D eigenvalue weighted by molar-refractivity contribution is -0.158. The van der Waals surface area contributed by atoms with Crippen LogP contribution >= 0.6 is 11.3 Å². The second kappa shape index (κ2) is 6.60. The molecule has 0 spiro atoms. The lowest BCUT2D eigenvalue weighted by Crippen LogP contribution is -2.47. The van der Waals surface area contributed by atoms with Crippen LogP contribution in [-0.4, -0.2) is 32.5 Å². The summed E-state index contributed by atoms with van der Waals surface area (Å²) in [6.45, 7) is 8.85. The number of aryl methyl sites for hydroxylation is 1. The zero-order valence-electron chi connectivity index (χ0n) is 14.6. The number of carbonyl (C=O) groups excluding carboxylic acids is 1. The monoisotopic (exact) mass is 405 g/mol. The van der Waals surface area contributed by atoms with Gasteiger partial charge in [-0.25, -0.2) is 14.8 Å². The molecule has 0 aliphatic heterocycles. The molecule has 144 valence electrons. The van der Waals surface area contributed by atoms with Crippen LogP contribution in [0.1, 0.15) is 29.0 Å². The fourth-order valence-corrected chi connectivity index (χ4v) is 3.81. The largest absolute Gasteiger partial charge is 0.408 e. The maximum absolute atomic E-state index is 13.2. The predicted octanol–water partition coefficient (Wildman–Crippen LogP) is 4.39. The highest BCUT2D eigenvalue weighted by molar-refractivity contribution is 7.14. The zero-order valence-corrected chi connectivity index (χ0v) is 15.4. The highest BCUT2D eigenvalue weighted by atomic mass is 32.1. The number of hydrogen-bond acceptors (Lipinski definition) is 4. The quantitative estimate of drug-likeness (QED) is 0.655. The summed E-state index contributed by atoms with van der Waals surface area (Å²) in [4.78, 5) is 25.1. The third-order valence-electron chi connectivity index (χ3n) is 4.61. The molecule has 1 aliphatic rings. The number of amides is 1. The minimum Gasteiger partial charge on any atom is -0.339 e. The topological polar surface area (TPSA) is 63.7 Å². The number of aromatic nitrogens is 3. The smallest absolute Gasteiger partial charge is 0.339 e. The Kier molecular flexibility index (Phi) is 4.34. The summed E-state index contributed by atoms with van der Waals surface area (Å²) in [6, 6.07) is 1.58. The molecule has 28 heavy (non-hydrogen) atoms. The fourth-order valence-electron chi connectivity index (χ4n) is 3.03. The number of alkyl halides is 3. The molecule has 1 aliphatic carbocycles. The Morgan fingerprint density at radius 3 is 2.79 bits per heavy atom. The molecule has 6 nitrogen and oxygen atoms in total. The van der Waals surface area contributed by atoms with Crippen LogP contribution in [0, 0.1) is 19.4 Å². The Balaban J connectivity index is 1.71. The molecule has 1 amide bonds. The van der Waals surface area contributed by atoms with Crippen molar-refractivity contribution in [3.63, 3.8) is 0 Å². The first-order chi connectivity index (χ1) is 13.3. The molecule has 1 unspecified atom stereocenters. The van der Waals surface area contributed by atoms with Crippen LogP contribution in [0.2, 0.25) is 0 Å². The van der Waals surface area contributed by atoms with Gasteiger partial charge >= 0.3 is 6.18 Å². The second-order valence-corrected chi connectivity index (χ2v) is 7.59. The third-order valence-corrected chi connectivity index (χ3v) is 5.55. The number of rotatable bonds is 4. The molecular weight excluding hydrogens is 391 g/mol. The number of nitrogens with one attached hydrogen (secondary N) is 1. The van der Waals surface area contributed by atoms with Crippen molar-refractivity contribution in [2.75, 3.05) is 0 Å². The van der Waals surface area contributed by atoms with E-state index in [0.29, 0.717) is 24.2 Å². The summed E-state index contributed by atoms with van der Waals surface area (Å²) in [7, 11) is 0. The molecule has 1 saturated carbocycles. The van der Waals surface area contributed by atoms with Gasteiger partial charge in [-0.15, -0.1) is 0 Å². The van der Waals surface area contributed by atoms with Gasteiger partial charge < -0.3 is 5.32 Å². The predicted molar refractivity (Wildman–Crippen MR) is 97.3 cm³/mol. The van der Waals surface area contributed by atoms with Crippen molar-refractivity contribution in [3.05, 3.63) is 46.6 Å². The van der Waals surface area contributed by atoms with Gasteiger partial charge in [0.05, 0.1) is 12.3 Å². The van der Waals surface area contributed by atoms with Crippen molar-refractivity contribution in [3.8, 4) is 10.6 Å². The molecule has 3 heterocycles. The number of hydrogen-bond donors (Lipinski definition) is 1. The maximum Gasteiger partial charge on any atom is 0.408 e. The maximum atomic E-state index is 13.2. The molecule has 4 rings (SSSR count). The van der Waals surface area contributed by atoms with Crippen molar-refractivity contribution >= 4 is 28.6 Å².